The second kappa shape index (κ2) is 7.91. The van der Waals surface area contributed by atoms with E-state index in [1.807, 2.05) is 24.3 Å². The Labute approximate surface area is 160 Å². The summed E-state index contributed by atoms with van der Waals surface area (Å²) in [6.07, 6.45) is 0. The number of benzene rings is 1. The van der Waals surface area contributed by atoms with E-state index in [1.165, 1.54) is 10.4 Å². The van der Waals surface area contributed by atoms with Gasteiger partial charge in [-0.25, -0.2) is 0 Å². The van der Waals surface area contributed by atoms with Crippen molar-refractivity contribution in [2.75, 3.05) is 19.6 Å². The molecule has 1 saturated heterocycles. The Balaban J connectivity index is 1.61. The first-order valence-corrected chi connectivity index (χ1v) is 10.1. The standard InChI is InChI=1S/C21H29N3OS/c1-21(2,3)20(18-10-7-11-26-18)23-19(25)14-24-12-16(17(22)13-24)15-8-5-4-6-9-15/h4-11,16-17,20H,12-14,22H2,1-3H3,(H,23,25)/t16-,17+,20?/m0/s1. The van der Waals surface area contributed by atoms with Crippen LogP contribution in [0, 0.1) is 5.41 Å². The Kier molecular flexibility index (Phi) is 5.80. The normalized spacial score (nSPS) is 22.3. The van der Waals surface area contributed by atoms with Crippen molar-refractivity contribution in [1.82, 2.24) is 10.2 Å². The first-order chi connectivity index (χ1) is 12.3. The second-order valence-corrected chi connectivity index (χ2v) is 9.24. The third-order valence-corrected chi connectivity index (χ3v) is 5.97. The van der Waals surface area contributed by atoms with Gasteiger partial charge >= 0.3 is 0 Å². The molecule has 1 amide bonds. The Hall–Kier alpha value is -1.69. The van der Waals surface area contributed by atoms with E-state index in [-0.39, 0.29) is 23.4 Å². The van der Waals surface area contributed by atoms with Gasteiger partial charge in [0.25, 0.3) is 0 Å². The lowest BCUT2D eigenvalue weighted by Crippen LogP contribution is -2.42. The quantitative estimate of drug-likeness (QED) is 0.847. The lowest BCUT2D eigenvalue weighted by atomic mass is 9.85. The highest BCUT2D eigenvalue weighted by Crippen LogP contribution is 2.35. The number of thiophene rings is 1. The molecule has 0 spiro atoms. The number of nitrogens with two attached hydrogens (primary N) is 1. The fourth-order valence-corrected chi connectivity index (χ4v) is 4.70. The molecule has 0 bridgehead atoms. The predicted molar refractivity (Wildman–Crippen MR) is 108 cm³/mol. The summed E-state index contributed by atoms with van der Waals surface area (Å²) in [5.74, 6) is 0.360. The molecular formula is C21H29N3OS. The molecule has 3 N–H and O–H groups in total. The molecule has 1 aromatic carbocycles. The van der Waals surface area contributed by atoms with Gasteiger partial charge in [0.1, 0.15) is 0 Å². The summed E-state index contributed by atoms with van der Waals surface area (Å²) < 4.78 is 0. The zero-order chi connectivity index (χ0) is 18.7. The van der Waals surface area contributed by atoms with Crippen LogP contribution in [0.3, 0.4) is 0 Å². The maximum atomic E-state index is 12.7. The molecule has 26 heavy (non-hydrogen) atoms. The van der Waals surface area contributed by atoms with Crippen molar-refractivity contribution in [3.8, 4) is 0 Å². The molecule has 140 valence electrons. The maximum absolute atomic E-state index is 12.7. The fourth-order valence-electron chi connectivity index (χ4n) is 3.68. The molecule has 3 rings (SSSR count). The van der Waals surface area contributed by atoms with Gasteiger partial charge in [-0.05, 0) is 22.4 Å². The lowest BCUT2D eigenvalue weighted by Gasteiger charge is -2.31. The molecule has 2 aromatic rings. The van der Waals surface area contributed by atoms with Crippen molar-refractivity contribution in [2.45, 2.75) is 38.8 Å². The molecule has 2 heterocycles. The average Bonchev–Trinajstić information content (AvgIpc) is 3.22. The van der Waals surface area contributed by atoms with E-state index in [2.05, 4.69) is 54.6 Å². The molecule has 5 heteroatoms. The number of amides is 1. The van der Waals surface area contributed by atoms with Crippen LogP contribution in [0.1, 0.15) is 43.2 Å². The second-order valence-electron chi connectivity index (χ2n) is 8.26. The zero-order valence-electron chi connectivity index (χ0n) is 15.8. The van der Waals surface area contributed by atoms with Gasteiger partial charge in [0.15, 0.2) is 0 Å². The summed E-state index contributed by atoms with van der Waals surface area (Å²) in [5, 5.41) is 5.30. The number of nitrogens with zero attached hydrogens (tertiary/aromatic N) is 1. The highest BCUT2D eigenvalue weighted by Gasteiger charge is 2.33. The molecule has 3 atom stereocenters. The van der Waals surface area contributed by atoms with Gasteiger partial charge < -0.3 is 11.1 Å². The first-order valence-electron chi connectivity index (χ1n) is 9.20. The van der Waals surface area contributed by atoms with Crippen molar-refractivity contribution in [1.29, 1.82) is 0 Å². The van der Waals surface area contributed by atoms with Crippen LogP contribution in [-0.2, 0) is 4.79 Å². The summed E-state index contributed by atoms with van der Waals surface area (Å²) in [4.78, 5) is 16.1. The van der Waals surface area contributed by atoms with Gasteiger partial charge in [-0.15, -0.1) is 11.3 Å². The van der Waals surface area contributed by atoms with Crippen LogP contribution < -0.4 is 11.1 Å². The molecule has 1 aliphatic rings. The van der Waals surface area contributed by atoms with Crippen LogP contribution in [0.25, 0.3) is 0 Å². The number of carbonyl (C=O) groups is 1. The van der Waals surface area contributed by atoms with Gasteiger partial charge in [-0.3, -0.25) is 9.69 Å². The Morgan fingerprint density at radius 2 is 1.96 bits per heavy atom. The molecule has 0 saturated carbocycles. The van der Waals surface area contributed by atoms with Crippen molar-refractivity contribution < 1.29 is 4.79 Å². The van der Waals surface area contributed by atoms with Gasteiger partial charge in [0, 0.05) is 29.9 Å². The summed E-state index contributed by atoms with van der Waals surface area (Å²) in [6.45, 7) is 8.47. The lowest BCUT2D eigenvalue weighted by molar-refractivity contribution is -0.123. The van der Waals surface area contributed by atoms with Gasteiger partial charge in [-0.2, -0.15) is 0 Å². The number of rotatable bonds is 5. The number of hydrogen-bond acceptors (Lipinski definition) is 4. The van der Waals surface area contributed by atoms with Crippen molar-refractivity contribution in [2.24, 2.45) is 11.1 Å². The van der Waals surface area contributed by atoms with Crippen molar-refractivity contribution in [3.05, 3.63) is 58.3 Å². The largest absolute Gasteiger partial charge is 0.347 e. The number of likely N-dealkylation sites (tertiary alicyclic amines) is 1. The van der Waals surface area contributed by atoms with E-state index >= 15 is 0 Å². The van der Waals surface area contributed by atoms with Crippen LogP contribution in [0.4, 0.5) is 0 Å². The van der Waals surface area contributed by atoms with Gasteiger partial charge in [0.2, 0.25) is 5.91 Å². The van der Waals surface area contributed by atoms with Crippen LogP contribution in [0.2, 0.25) is 0 Å². The van der Waals surface area contributed by atoms with Crippen LogP contribution in [0.5, 0.6) is 0 Å². The van der Waals surface area contributed by atoms with Crippen LogP contribution >= 0.6 is 11.3 Å². The van der Waals surface area contributed by atoms with E-state index in [4.69, 9.17) is 5.73 Å². The van der Waals surface area contributed by atoms with E-state index < -0.39 is 0 Å². The SMILES string of the molecule is CC(C)(C)C(NC(=O)CN1C[C@@H](N)[C@H](c2ccccc2)C1)c1cccs1. The van der Waals surface area contributed by atoms with E-state index in [0.717, 1.165) is 13.1 Å². The van der Waals surface area contributed by atoms with E-state index in [0.29, 0.717) is 12.5 Å². The highest BCUT2D eigenvalue weighted by molar-refractivity contribution is 7.10. The summed E-state index contributed by atoms with van der Waals surface area (Å²) in [6, 6.07) is 14.6. The van der Waals surface area contributed by atoms with Gasteiger partial charge in [-0.1, -0.05) is 57.2 Å². The Bertz CT molecular complexity index is 709. The molecule has 4 nitrogen and oxygen atoms in total. The molecule has 1 aromatic heterocycles. The molecular weight excluding hydrogens is 342 g/mol. The minimum atomic E-state index is -0.0332. The number of carbonyl (C=O) groups excluding carboxylic acids is 1. The van der Waals surface area contributed by atoms with E-state index in [1.54, 1.807) is 11.3 Å². The van der Waals surface area contributed by atoms with Crippen LogP contribution in [-0.4, -0.2) is 36.5 Å². The molecule has 0 aliphatic carbocycles. The number of nitrogens with one attached hydrogen (secondary N) is 1. The first kappa shape index (κ1) is 19.1. The fraction of sp³-hybridized carbons (Fsp3) is 0.476. The maximum Gasteiger partial charge on any atom is 0.234 e. The Morgan fingerprint density at radius 1 is 1.23 bits per heavy atom. The molecule has 0 radical (unpaired) electrons. The van der Waals surface area contributed by atoms with Crippen LogP contribution in [0.15, 0.2) is 47.8 Å². The Morgan fingerprint density at radius 3 is 2.58 bits per heavy atom. The predicted octanol–water partition coefficient (Wildman–Crippen LogP) is 3.38. The minimum absolute atomic E-state index is 0.0243. The third kappa shape index (κ3) is 4.53. The monoisotopic (exact) mass is 371 g/mol. The third-order valence-electron chi connectivity index (χ3n) is 5.03. The smallest absolute Gasteiger partial charge is 0.234 e. The average molecular weight is 372 g/mol. The highest BCUT2D eigenvalue weighted by atomic mass is 32.1. The van der Waals surface area contributed by atoms with Gasteiger partial charge in [0.05, 0.1) is 12.6 Å². The van der Waals surface area contributed by atoms with E-state index in [9.17, 15) is 4.79 Å². The molecule has 1 unspecified atom stereocenters. The minimum Gasteiger partial charge on any atom is -0.347 e. The van der Waals surface area contributed by atoms with Crippen molar-refractivity contribution >= 4 is 17.2 Å². The topological polar surface area (TPSA) is 58.4 Å². The zero-order valence-corrected chi connectivity index (χ0v) is 16.6. The summed E-state index contributed by atoms with van der Waals surface area (Å²) in [5.41, 5.74) is 7.58. The summed E-state index contributed by atoms with van der Waals surface area (Å²) in [7, 11) is 0. The summed E-state index contributed by atoms with van der Waals surface area (Å²) >= 11 is 1.69. The van der Waals surface area contributed by atoms with Crippen molar-refractivity contribution in [3.63, 3.8) is 0 Å². The number of hydrogen-bond donors (Lipinski definition) is 2. The molecule has 1 aliphatic heterocycles. The molecule has 1 fully saturated rings.